The Morgan fingerprint density at radius 3 is 2.87 bits per heavy atom. The molecular formula is C11H20O4. The number of hydrogen-bond acceptors (Lipinski definition) is 4. The van der Waals surface area contributed by atoms with E-state index in [1.54, 1.807) is 0 Å². The summed E-state index contributed by atoms with van der Waals surface area (Å²) in [6.07, 6.45) is 3.81. The third-order valence-electron chi connectivity index (χ3n) is 3.04. The van der Waals surface area contributed by atoms with Gasteiger partial charge in [0.1, 0.15) is 6.10 Å². The molecule has 2 aliphatic heterocycles. The standard InChI is InChI=1S/C11H20O4/c12-10-4-6-13-8-11(10)15-7-9-3-1-2-5-14-9/h9-12H,1-8H2. The lowest BCUT2D eigenvalue weighted by molar-refractivity contribution is -0.141. The molecule has 2 aliphatic rings. The highest BCUT2D eigenvalue weighted by Crippen LogP contribution is 2.16. The summed E-state index contributed by atoms with van der Waals surface area (Å²) in [7, 11) is 0. The molecule has 3 unspecified atom stereocenters. The SMILES string of the molecule is OC1CCOCC1OCC1CCCCO1. The summed E-state index contributed by atoms with van der Waals surface area (Å²) in [5.74, 6) is 0. The van der Waals surface area contributed by atoms with Crippen LogP contribution in [0, 0.1) is 0 Å². The van der Waals surface area contributed by atoms with E-state index < -0.39 is 0 Å². The molecule has 0 aromatic rings. The van der Waals surface area contributed by atoms with Crippen LogP contribution >= 0.6 is 0 Å². The molecule has 0 saturated carbocycles. The average molecular weight is 216 g/mol. The maximum Gasteiger partial charge on any atom is 0.107 e. The van der Waals surface area contributed by atoms with E-state index in [1.165, 1.54) is 6.42 Å². The van der Waals surface area contributed by atoms with E-state index in [4.69, 9.17) is 14.2 Å². The van der Waals surface area contributed by atoms with Gasteiger partial charge in [0.25, 0.3) is 0 Å². The highest BCUT2D eigenvalue weighted by Gasteiger charge is 2.25. The lowest BCUT2D eigenvalue weighted by atomic mass is 10.1. The van der Waals surface area contributed by atoms with Gasteiger partial charge in [-0.25, -0.2) is 0 Å². The number of aliphatic hydroxyl groups excluding tert-OH is 1. The van der Waals surface area contributed by atoms with Crippen LogP contribution in [0.3, 0.4) is 0 Å². The first-order valence-corrected chi connectivity index (χ1v) is 5.85. The second kappa shape index (κ2) is 5.80. The summed E-state index contributed by atoms with van der Waals surface area (Å²) in [4.78, 5) is 0. The highest BCUT2D eigenvalue weighted by atomic mass is 16.6. The zero-order valence-electron chi connectivity index (χ0n) is 9.06. The first-order valence-electron chi connectivity index (χ1n) is 5.85. The molecule has 15 heavy (non-hydrogen) atoms. The smallest absolute Gasteiger partial charge is 0.107 e. The van der Waals surface area contributed by atoms with Gasteiger partial charge in [-0.3, -0.25) is 0 Å². The summed E-state index contributed by atoms with van der Waals surface area (Å²) in [6, 6.07) is 0. The maximum atomic E-state index is 9.65. The fourth-order valence-electron chi connectivity index (χ4n) is 2.03. The molecule has 0 radical (unpaired) electrons. The van der Waals surface area contributed by atoms with Crippen molar-refractivity contribution in [1.29, 1.82) is 0 Å². The average Bonchev–Trinajstić information content (AvgIpc) is 2.29. The lowest BCUT2D eigenvalue weighted by Gasteiger charge is -2.30. The number of ether oxygens (including phenoxy) is 3. The number of rotatable bonds is 3. The van der Waals surface area contributed by atoms with Crippen molar-refractivity contribution in [3.8, 4) is 0 Å². The molecule has 0 bridgehead atoms. The van der Waals surface area contributed by atoms with Crippen LogP contribution in [0.5, 0.6) is 0 Å². The first-order chi connectivity index (χ1) is 7.36. The zero-order chi connectivity index (χ0) is 10.5. The lowest BCUT2D eigenvalue weighted by Crippen LogP contribution is -2.40. The van der Waals surface area contributed by atoms with Gasteiger partial charge in [-0.15, -0.1) is 0 Å². The predicted molar refractivity (Wildman–Crippen MR) is 54.8 cm³/mol. The van der Waals surface area contributed by atoms with Gasteiger partial charge in [0.2, 0.25) is 0 Å². The Kier molecular flexibility index (Phi) is 4.38. The Morgan fingerprint density at radius 1 is 1.20 bits per heavy atom. The second-order valence-corrected chi connectivity index (χ2v) is 4.29. The van der Waals surface area contributed by atoms with Gasteiger partial charge in [0, 0.05) is 13.2 Å². The van der Waals surface area contributed by atoms with Crippen molar-refractivity contribution < 1.29 is 19.3 Å². The summed E-state index contributed by atoms with van der Waals surface area (Å²) in [6.45, 7) is 2.58. The molecule has 0 aliphatic carbocycles. The summed E-state index contributed by atoms with van der Waals surface area (Å²) >= 11 is 0. The molecule has 2 heterocycles. The van der Waals surface area contributed by atoms with Gasteiger partial charge >= 0.3 is 0 Å². The molecular weight excluding hydrogens is 196 g/mol. The fraction of sp³-hybridized carbons (Fsp3) is 1.00. The summed E-state index contributed by atoms with van der Waals surface area (Å²) < 4.78 is 16.5. The van der Waals surface area contributed by atoms with E-state index in [1.807, 2.05) is 0 Å². The van der Waals surface area contributed by atoms with Crippen molar-refractivity contribution in [1.82, 2.24) is 0 Å². The van der Waals surface area contributed by atoms with E-state index in [2.05, 4.69) is 0 Å². The van der Waals surface area contributed by atoms with Gasteiger partial charge in [-0.2, -0.15) is 0 Å². The molecule has 2 rings (SSSR count). The predicted octanol–water partition coefficient (Wildman–Crippen LogP) is 0.722. The molecule has 0 aromatic carbocycles. The van der Waals surface area contributed by atoms with Gasteiger partial charge in [-0.05, 0) is 25.7 Å². The van der Waals surface area contributed by atoms with Gasteiger partial charge in [0.05, 0.1) is 25.4 Å². The van der Waals surface area contributed by atoms with Crippen LogP contribution in [0.1, 0.15) is 25.7 Å². The minimum atomic E-state index is -0.373. The molecule has 2 saturated heterocycles. The van der Waals surface area contributed by atoms with Crippen molar-refractivity contribution in [3.63, 3.8) is 0 Å². The molecule has 0 aromatic heterocycles. The van der Waals surface area contributed by atoms with Crippen molar-refractivity contribution in [2.45, 2.75) is 44.0 Å². The van der Waals surface area contributed by atoms with E-state index in [9.17, 15) is 5.11 Å². The highest BCUT2D eigenvalue weighted by molar-refractivity contribution is 4.74. The topological polar surface area (TPSA) is 47.9 Å². The molecule has 4 nitrogen and oxygen atoms in total. The molecule has 88 valence electrons. The Balaban J connectivity index is 1.67. The Labute approximate surface area is 90.5 Å². The quantitative estimate of drug-likeness (QED) is 0.755. The van der Waals surface area contributed by atoms with Crippen LogP contribution in [0.2, 0.25) is 0 Å². The fourth-order valence-corrected chi connectivity index (χ4v) is 2.03. The van der Waals surface area contributed by atoms with Crippen LogP contribution < -0.4 is 0 Å². The molecule has 3 atom stereocenters. The van der Waals surface area contributed by atoms with Gasteiger partial charge in [-0.1, -0.05) is 0 Å². The Morgan fingerprint density at radius 2 is 2.13 bits per heavy atom. The minimum absolute atomic E-state index is 0.163. The van der Waals surface area contributed by atoms with Crippen LogP contribution in [0.4, 0.5) is 0 Å². The molecule has 4 heteroatoms. The third-order valence-corrected chi connectivity index (χ3v) is 3.04. The minimum Gasteiger partial charge on any atom is -0.390 e. The van der Waals surface area contributed by atoms with Crippen LogP contribution in [-0.4, -0.2) is 49.8 Å². The van der Waals surface area contributed by atoms with Crippen molar-refractivity contribution >= 4 is 0 Å². The largest absolute Gasteiger partial charge is 0.390 e. The zero-order valence-corrected chi connectivity index (χ0v) is 9.06. The number of aliphatic hydroxyl groups is 1. The van der Waals surface area contributed by atoms with E-state index >= 15 is 0 Å². The summed E-state index contributed by atoms with van der Waals surface area (Å²) in [5, 5.41) is 9.65. The molecule has 0 amide bonds. The first kappa shape index (κ1) is 11.3. The molecule has 2 fully saturated rings. The molecule has 0 spiro atoms. The van der Waals surface area contributed by atoms with Crippen molar-refractivity contribution in [2.24, 2.45) is 0 Å². The monoisotopic (exact) mass is 216 g/mol. The Bertz CT molecular complexity index is 179. The third kappa shape index (κ3) is 3.41. The van der Waals surface area contributed by atoms with Crippen molar-refractivity contribution in [3.05, 3.63) is 0 Å². The molecule has 1 N–H and O–H groups in total. The van der Waals surface area contributed by atoms with Crippen LogP contribution in [0.25, 0.3) is 0 Å². The second-order valence-electron chi connectivity index (χ2n) is 4.29. The Hall–Kier alpha value is -0.160. The van der Waals surface area contributed by atoms with Crippen LogP contribution in [0.15, 0.2) is 0 Å². The normalized spacial score (nSPS) is 37.8. The van der Waals surface area contributed by atoms with E-state index in [-0.39, 0.29) is 18.3 Å². The van der Waals surface area contributed by atoms with Gasteiger partial charge < -0.3 is 19.3 Å². The van der Waals surface area contributed by atoms with E-state index in [0.29, 0.717) is 26.2 Å². The maximum absolute atomic E-state index is 9.65. The van der Waals surface area contributed by atoms with Crippen LogP contribution in [-0.2, 0) is 14.2 Å². The van der Waals surface area contributed by atoms with Crippen molar-refractivity contribution in [2.75, 3.05) is 26.4 Å². The summed E-state index contributed by atoms with van der Waals surface area (Å²) in [5.41, 5.74) is 0. The van der Waals surface area contributed by atoms with Gasteiger partial charge in [0.15, 0.2) is 0 Å². The van der Waals surface area contributed by atoms with E-state index in [0.717, 1.165) is 19.4 Å². The number of hydrogen-bond donors (Lipinski definition) is 1.